The zero-order chi connectivity index (χ0) is 30.6. The molecule has 0 saturated carbocycles. The number of carbonyl (C=O) groups is 3. The number of aromatic nitrogens is 2. The number of halogens is 2. The molecule has 0 spiro atoms. The fraction of sp³-hybridized carbons (Fsp3) is 0.400. The van der Waals surface area contributed by atoms with Crippen molar-refractivity contribution >= 4 is 29.5 Å². The van der Waals surface area contributed by atoms with Crippen molar-refractivity contribution in [3.8, 4) is 0 Å². The minimum Gasteiger partial charge on any atom is -0.461 e. The predicted molar refractivity (Wildman–Crippen MR) is 156 cm³/mol. The molecule has 0 saturated heterocycles. The molecular weight excluding hydrogens is 566 g/mol. The smallest absolute Gasteiger partial charge is 0.356 e. The predicted octanol–water partition coefficient (Wildman–Crippen LogP) is 4.62. The molecule has 0 aliphatic rings. The number of ether oxygens (including phenoxy) is 1. The number of amides is 2. The van der Waals surface area contributed by atoms with Gasteiger partial charge in [-0.25, -0.2) is 18.6 Å². The molecular formula is C30H36F2N4O5S. The quantitative estimate of drug-likeness (QED) is 0.171. The van der Waals surface area contributed by atoms with E-state index < -0.39 is 35.7 Å². The molecule has 12 heteroatoms. The molecule has 0 bridgehead atoms. The maximum Gasteiger partial charge on any atom is 0.356 e. The zero-order valence-electron chi connectivity index (χ0n) is 23.9. The number of imidazole rings is 1. The molecule has 2 atom stereocenters. The van der Waals surface area contributed by atoms with Gasteiger partial charge in [-0.2, -0.15) is 0 Å². The van der Waals surface area contributed by atoms with Crippen LogP contribution in [-0.4, -0.2) is 75.4 Å². The van der Waals surface area contributed by atoms with E-state index >= 15 is 0 Å². The largest absolute Gasteiger partial charge is 0.461 e. The van der Waals surface area contributed by atoms with Crippen molar-refractivity contribution < 1.29 is 33.0 Å². The first kappa shape index (κ1) is 32.7. The Morgan fingerprint density at radius 3 is 2.36 bits per heavy atom. The lowest BCUT2D eigenvalue weighted by Gasteiger charge is -2.25. The number of benzene rings is 2. The number of hydrogen-bond donors (Lipinski definition) is 3. The first-order valence-corrected chi connectivity index (χ1v) is 14.8. The van der Waals surface area contributed by atoms with E-state index in [4.69, 9.17) is 4.74 Å². The van der Waals surface area contributed by atoms with Crippen LogP contribution in [0, 0.1) is 11.6 Å². The maximum absolute atomic E-state index is 13.9. The molecule has 0 aliphatic carbocycles. The average molecular weight is 603 g/mol. The first-order valence-electron chi connectivity index (χ1n) is 13.8. The van der Waals surface area contributed by atoms with Crippen molar-refractivity contribution in [2.24, 2.45) is 0 Å². The lowest BCUT2D eigenvalue weighted by Crippen LogP contribution is -2.46. The van der Waals surface area contributed by atoms with Gasteiger partial charge in [-0.05, 0) is 62.1 Å². The number of hydrogen-bond acceptors (Lipinski definition) is 7. The number of aromatic amines is 1. The summed E-state index contributed by atoms with van der Waals surface area (Å²) in [5.41, 5.74) is 0.955. The van der Waals surface area contributed by atoms with Crippen LogP contribution in [-0.2, 0) is 11.2 Å². The first-order chi connectivity index (χ1) is 20.1. The summed E-state index contributed by atoms with van der Waals surface area (Å²) in [6.07, 6.45) is 1.65. The van der Waals surface area contributed by atoms with Crippen molar-refractivity contribution in [1.29, 1.82) is 0 Å². The lowest BCUT2D eigenvalue weighted by molar-refractivity contribution is 0.0519. The molecule has 2 aromatic carbocycles. The highest BCUT2D eigenvalue weighted by Crippen LogP contribution is 2.20. The van der Waals surface area contributed by atoms with Gasteiger partial charge in [-0.3, -0.25) is 9.59 Å². The summed E-state index contributed by atoms with van der Waals surface area (Å²) in [7, 11) is 0. The van der Waals surface area contributed by atoms with E-state index in [0.717, 1.165) is 42.8 Å². The number of rotatable bonds is 15. The highest BCUT2D eigenvalue weighted by Gasteiger charge is 2.25. The monoisotopic (exact) mass is 602 g/mol. The second-order valence-corrected chi connectivity index (χ2v) is 10.6. The molecule has 0 aliphatic heterocycles. The summed E-state index contributed by atoms with van der Waals surface area (Å²) in [5.74, 6) is -2.84. The normalized spacial score (nSPS) is 12.4. The molecule has 2 amide bonds. The summed E-state index contributed by atoms with van der Waals surface area (Å²) in [5, 5.41) is 14.2. The van der Waals surface area contributed by atoms with E-state index in [1.54, 1.807) is 30.0 Å². The number of H-pyrrole nitrogens is 1. The standard InChI is InChI=1S/C30H36F2N4O5S/c1-4-10-36(11-5-2)28(39)21-9-7-8-20(15-21)27(38)34-24(14-19-12-22(31)16-23(32)13-19)26(37)18-42-30-33-17-25(35-30)29(40)41-6-3/h7-9,12-13,15-17,24,26,37H,4-6,10-11,14,18H2,1-3H3,(H,33,35)(H,34,38)/t24-,26+/m0/s1. The lowest BCUT2D eigenvalue weighted by atomic mass is 10.0. The molecule has 0 unspecified atom stereocenters. The van der Waals surface area contributed by atoms with Crippen LogP contribution in [0.1, 0.15) is 70.4 Å². The number of aliphatic hydroxyl groups is 1. The Balaban J connectivity index is 1.78. The van der Waals surface area contributed by atoms with Crippen LogP contribution in [0.2, 0.25) is 0 Å². The molecule has 1 aromatic heterocycles. The zero-order valence-corrected chi connectivity index (χ0v) is 24.7. The van der Waals surface area contributed by atoms with Crippen LogP contribution < -0.4 is 5.32 Å². The Hall–Kier alpha value is -3.77. The molecule has 226 valence electrons. The van der Waals surface area contributed by atoms with Crippen LogP contribution >= 0.6 is 11.8 Å². The van der Waals surface area contributed by atoms with Gasteiger partial charge in [0.25, 0.3) is 11.8 Å². The number of nitrogens with zero attached hydrogens (tertiary/aromatic N) is 2. The molecule has 9 nitrogen and oxygen atoms in total. The van der Waals surface area contributed by atoms with E-state index in [-0.39, 0.29) is 41.5 Å². The van der Waals surface area contributed by atoms with Crippen molar-refractivity contribution in [2.45, 2.75) is 57.3 Å². The van der Waals surface area contributed by atoms with Gasteiger partial charge in [-0.1, -0.05) is 31.7 Å². The van der Waals surface area contributed by atoms with Gasteiger partial charge < -0.3 is 25.0 Å². The van der Waals surface area contributed by atoms with E-state index in [9.17, 15) is 28.3 Å². The molecule has 0 radical (unpaired) electrons. The summed E-state index contributed by atoms with van der Waals surface area (Å²) in [6, 6.07) is 8.35. The second-order valence-electron chi connectivity index (χ2n) is 9.64. The van der Waals surface area contributed by atoms with Gasteiger partial charge in [0.2, 0.25) is 0 Å². The number of aliphatic hydroxyl groups excluding tert-OH is 1. The Morgan fingerprint density at radius 2 is 1.71 bits per heavy atom. The number of carbonyl (C=O) groups excluding carboxylic acids is 3. The van der Waals surface area contributed by atoms with Gasteiger partial charge in [0.15, 0.2) is 5.16 Å². The summed E-state index contributed by atoms with van der Waals surface area (Å²) < 4.78 is 32.8. The van der Waals surface area contributed by atoms with Crippen molar-refractivity contribution in [3.05, 3.63) is 82.7 Å². The Kier molecular flexibility index (Phi) is 12.5. The minimum absolute atomic E-state index is 0.0278. The maximum atomic E-state index is 13.9. The molecule has 3 rings (SSSR count). The van der Waals surface area contributed by atoms with Crippen LogP contribution in [0.5, 0.6) is 0 Å². The second kappa shape index (κ2) is 16.0. The third kappa shape index (κ3) is 9.38. The van der Waals surface area contributed by atoms with Crippen molar-refractivity contribution in [3.63, 3.8) is 0 Å². The molecule has 42 heavy (non-hydrogen) atoms. The van der Waals surface area contributed by atoms with E-state index in [1.165, 1.54) is 12.3 Å². The fourth-order valence-corrected chi connectivity index (χ4v) is 5.19. The molecule has 3 N–H and O–H groups in total. The van der Waals surface area contributed by atoms with Gasteiger partial charge in [0, 0.05) is 36.0 Å². The van der Waals surface area contributed by atoms with Crippen LogP contribution in [0.3, 0.4) is 0 Å². The van der Waals surface area contributed by atoms with E-state index in [1.807, 2.05) is 13.8 Å². The highest BCUT2D eigenvalue weighted by atomic mass is 32.2. The van der Waals surface area contributed by atoms with Crippen LogP contribution in [0.15, 0.2) is 53.8 Å². The van der Waals surface area contributed by atoms with Crippen LogP contribution in [0.4, 0.5) is 8.78 Å². The summed E-state index contributed by atoms with van der Waals surface area (Å²) >= 11 is 1.10. The van der Waals surface area contributed by atoms with Crippen molar-refractivity contribution in [1.82, 2.24) is 20.2 Å². The molecule has 3 aromatic rings. The average Bonchev–Trinajstić information content (AvgIpc) is 3.44. The third-order valence-electron chi connectivity index (χ3n) is 6.24. The van der Waals surface area contributed by atoms with Gasteiger partial charge in [0.05, 0.1) is 24.9 Å². The van der Waals surface area contributed by atoms with Crippen LogP contribution in [0.25, 0.3) is 0 Å². The van der Waals surface area contributed by atoms with E-state index in [0.29, 0.717) is 23.8 Å². The SMILES string of the molecule is CCCN(CCC)C(=O)c1cccc(C(=O)N[C@@H](Cc2cc(F)cc(F)c2)[C@H](O)CSc2ncc(C(=O)OCC)[nH]2)c1. The van der Waals surface area contributed by atoms with Gasteiger partial charge >= 0.3 is 5.97 Å². The summed E-state index contributed by atoms with van der Waals surface area (Å²) in [6.45, 7) is 7.04. The van der Waals surface area contributed by atoms with Gasteiger partial charge in [0.1, 0.15) is 17.3 Å². The number of esters is 1. The highest BCUT2D eigenvalue weighted by molar-refractivity contribution is 7.99. The van der Waals surface area contributed by atoms with Gasteiger partial charge in [-0.15, -0.1) is 0 Å². The Morgan fingerprint density at radius 1 is 1.05 bits per heavy atom. The minimum atomic E-state index is -1.18. The Bertz CT molecular complexity index is 1340. The molecule has 0 fully saturated rings. The fourth-order valence-electron chi connectivity index (χ4n) is 4.32. The Labute approximate surface area is 248 Å². The topological polar surface area (TPSA) is 125 Å². The number of nitrogens with one attached hydrogen (secondary N) is 2. The number of thioether (sulfide) groups is 1. The third-order valence-corrected chi connectivity index (χ3v) is 7.23. The van der Waals surface area contributed by atoms with Crippen molar-refractivity contribution in [2.75, 3.05) is 25.4 Å². The molecule has 1 heterocycles. The summed E-state index contributed by atoms with van der Waals surface area (Å²) in [4.78, 5) is 47.0. The van der Waals surface area contributed by atoms with E-state index in [2.05, 4.69) is 15.3 Å².